The molecule has 2 aromatic rings. The molecule has 0 bridgehead atoms. The smallest absolute Gasteiger partial charge is 0.174 e. The van der Waals surface area contributed by atoms with Crippen LogP contribution >= 0.6 is 0 Å². The van der Waals surface area contributed by atoms with Gasteiger partial charge in [-0.3, -0.25) is 0 Å². The average Bonchev–Trinajstić information content (AvgIpc) is 2.54. The van der Waals surface area contributed by atoms with Crippen LogP contribution in [0.15, 0.2) is 54.6 Å². The summed E-state index contributed by atoms with van der Waals surface area (Å²) in [5, 5.41) is 12.0. The maximum absolute atomic E-state index is 8.52. The summed E-state index contributed by atoms with van der Waals surface area (Å²) in [6.07, 6.45) is 0. The first-order valence-corrected chi connectivity index (χ1v) is 7.14. The summed E-state index contributed by atoms with van der Waals surface area (Å²) in [5.74, 6) is 1.22. The van der Waals surface area contributed by atoms with Gasteiger partial charge in [0.2, 0.25) is 0 Å². The van der Waals surface area contributed by atoms with Crippen molar-refractivity contribution < 1.29 is 4.74 Å². The van der Waals surface area contributed by atoms with Gasteiger partial charge in [0.15, 0.2) is 6.61 Å². The van der Waals surface area contributed by atoms with E-state index in [2.05, 4.69) is 42.6 Å². The van der Waals surface area contributed by atoms with Crippen molar-refractivity contribution in [2.24, 2.45) is 0 Å². The minimum Gasteiger partial charge on any atom is -0.479 e. The minimum absolute atomic E-state index is 0.0852. The quantitative estimate of drug-likeness (QED) is 0.844. The molecule has 21 heavy (non-hydrogen) atoms. The van der Waals surface area contributed by atoms with Gasteiger partial charge in [-0.25, -0.2) is 0 Å². The second kappa shape index (κ2) is 8.08. The monoisotopic (exact) mass is 280 g/mol. The summed E-state index contributed by atoms with van der Waals surface area (Å²) in [5.41, 5.74) is 2.50. The van der Waals surface area contributed by atoms with Crippen molar-refractivity contribution >= 4 is 0 Å². The largest absolute Gasteiger partial charge is 0.479 e. The van der Waals surface area contributed by atoms with E-state index < -0.39 is 0 Å². The van der Waals surface area contributed by atoms with Gasteiger partial charge in [-0.1, -0.05) is 49.4 Å². The fourth-order valence-electron chi connectivity index (χ4n) is 2.19. The van der Waals surface area contributed by atoms with Crippen LogP contribution < -0.4 is 10.1 Å². The third kappa shape index (κ3) is 4.94. The third-order valence-electron chi connectivity index (χ3n) is 3.35. The molecule has 0 aliphatic heterocycles. The molecule has 0 amide bonds. The van der Waals surface area contributed by atoms with E-state index in [1.165, 1.54) is 5.56 Å². The van der Waals surface area contributed by atoms with E-state index in [1.807, 2.05) is 30.3 Å². The fourth-order valence-corrected chi connectivity index (χ4v) is 2.19. The Morgan fingerprint density at radius 3 is 2.71 bits per heavy atom. The first-order valence-electron chi connectivity index (χ1n) is 7.14. The molecule has 1 N–H and O–H groups in total. The average molecular weight is 280 g/mol. The van der Waals surface area contributed by atoms with E-state index in [-0.39, 0.29) is 6.61 Å². The summed E-state index contributed by atoms with van der Waals surface area (Å²) in [6.45, 7) is 4.02. The molecule has 0 heterocycles. The van der Waals surface area contributed by atoms with Crippen LogP contribution in [0.5, 0.6) is 5.75 Å². The van der Waals surface area contributed by atoms with Crippen LogP contribution in [0.3, 0.4) is 0 Å². The summed E-state index contributed by atoms with van der Waals surface area (Å²) in [4.78, 5) is 0. The number of ether oxygens (including phenoxy) is 1. The van der Waals surface area contributed by atoms with Crippen molar-refractivity contribution in [2.45, 2.75) is 19.4 Å². The number of hydrogen-bond donors (Lipinski definition) is 1. The number of rotatable bonds is 7. The normalized spacial score (nSPS) is 11.6. The van der Waals surface area contributed by atoms with E-state index in [1.54, 1.807) is 0 Å². The van der Waals surface area contributed by atoms with Gasteiger partial charge in [0.05, 0.1) is 0 Å². The molecule has 0 aliphatic rings. The van der Waals surface area contributed by atoms with Gasteiger partial charge in [-0.2, -0.15) is 5.26 Å². The lowest BCUT2D eigenvalue weighted by Crippen LogP contribution is -2.19. The highest BCUT2D eigenvalue weighted by atomic mass is 16.5. The summed E-state index contributed by atoms with van der Waals surface area (Å²) in [7, 11) is 0. The zero-order chi connectivity index (χ0) is 14.9. The van der Waals surface area contributed by atoms with Crippen LogP contribution in [-0.4, -0.2) is 13.2 Å². The molecule has 0 aliphatic carbocycles. The Balaban J connectivity index is 1.82. The summed E-state index contributed by atoms with van der Waals surface area (Å²) in [6, 6.07) is 20.3. The van der Waals surface area contributed by atoms with Crippen LogP contribution in [0.2, 0.25) is 0 Å². The van der Waals surface area contributed by atoms with Gasteiger partial charge in [-0.05, 0) is 29.2 Å². The molecule has 0 spiro atoms. The minimum atomic E-state index is 0.0852. The van der Waals surface area contributed by atoms with Crippen molar-refractivity contribution in [1.29, 1.82) is 5.26 Å². The molecular weight excluding hydrogens is 260 g/mol. The molecule has 0 saturated heterocycles. The first-order chi connectivity index (χ1) is 10.3. The predicted molar refractivity (Wildman–Crippen MR) is 84.1 cm³/mol. The second-order valence-corrected chi connectivity index (χ2v) is 5.04. The highest BCUT2D eigenvalue weighted by Gasteiger charge is 2.04. The lowest BCUT2D eigenvalue weighted by Gasteiger charge is -2.13. The number of benzene rings is 2. The Kier molecular flexibility index (Phi) is 5.81. The topological polar surface area (TPSA) is 45.0 Å². The van der Waals surface area contributed by atoms with E-state index in [0.29, 0.717) is 5.92 Å². The highest BCUT2D eigenvalue weighted by Crippen LogP contribution is 2.15. The van der Waals surface area contributed by atoms with Gasteiger partial charge in [0.1, 0.15) is 11.8 Å². The molecule has 0 saturated carbocycles. The molecule has 3 heteroatoms. The van der Waals surface area contributed by atoms with Gasteiger partial charge in [-0.15, -0.1) is 0 Å². The van der Waals surface area contributed by atoms with E-state index in [4.69, 9.17) is 10.00 Å². The summed E-state index contributed by atoms with van der Waals surface area (Å²) >= 11 is 0. The lowest BCUT2D eigenvalue weighted by molar-refractivity contribution is 0.367. The number of hydrogen-bond acceptors (Lipinski definition) is 3. The molecule has 3 nitrogen and oxygen atoms in total. The van der Waals surface area contributed by atoms with Crippen LogP contribution in [0, 0.1) is 11.3 Å². The van der Waals surface area contributed by atoms with Crippen molar-refractivity contribution in [3.63, 3.8) is 0 Å². The van der Waals surface area contributed by atoms with Gasteiger partial charge in [0, 0.05) is 13.1 Å². The van der Waals surface area contributed by atoms with E-state index >= 15 is 0 Å². The zero-order valence-electron chi connectivity index (χ0n) is 12.3. The van der Waals surface area contributed by atoms with Crippen LogP contribution in [-0.2, 0) is 6.54 Å². The molecule has 0 aromatic heterocycles. The highest BCUT2D eigenvalue weighted by molar-refractivity contribution is 5.28. The maximum atomic E-state index is 8.52. The molecule has 0 radical (unpaired) electrons. The zero-order valence-corrected chi connectivity index (χ0v) is 12.3. The Morgan fingerprint density at radius 2 is 1.95 bits per heavy atom. The fraction of sp³-hybridized carbons (Fsp3) is 0.278. The Bertz CT molecular complexity index is 590. The third-order valence-corrected chi connectivity index (χ3v) is 3.35. The standard InChI is InChI=1S/C18H20N2O/c1-15(17-7-3-2-4-8-17)13-20-14-16-6-5-9-18(12-16)21-11-10-19/h2-9,12,15,20H,11,13-14H2,1H3. The Hall–Kier alpha value is -2.31. The molecule has 2 rings (SSSR count). The first kappa shape index (κ1) is 15.1. The van der Waals surface area contributed by atoms with E-state index in [0.717, 1.165) is 24.4 Å². The van der Waals surface area contributed by atoms with Crippen molar-refractivity contribution in [2.75, 3.05) is 13.2 Å². The van der Waals surface area contributed by atoms with Crippen LogP contribution in [0.25, 0.3) is 0 Å². The predicted octanol–water partition coefficient (Wildman–Crippen LogP) is 3.48. The number of nitrogens with one attached hydrogen (secondary N) is 1. The molecule has 1 unspecified atom stereocenters. The van der Waals surface area contributed by atoms with E-state index in [9.17, 15) is 0 Å². The van der Waals surface area contributed by atoms with Gasteiger partial charge < -0.3 is 10.1 Å². The SMILES string of the molecule is CC(CNCc1cccc(OCC#N)c1)c1ccccc1. The second-order valence-electron chi connectivity index (χ2n) is 5.04. The Labute approximate surface area is 126 Å². The molecule has 0 fully saturated rings. The molecule has 108 valence electrons. The van der Waals surface area contributed by atoms with Crippen molar-refractivity contribution in [3.8, 4) is 11.8 Å². The summed E-state index contributed by atoms with van der Waals surface area (Å²) < 4.78 is 5.30. The van der Waals surface area contributed by atoms with Crippen molar-refractivity contribution in [3.05, 3.63) is 65.7 Å². The maximum Gasteiger partial charge on any atom is 0.174 e. The van der Waals surface area contributed by atoms with Crippen LogP contribution in [0.1, 0.15) is 24.0 Å². The van der Waals surface area contributed by atoms with Crippen LogP contribution in [0.4, 0.5) is 0 Å². The lowest BCUT2D eigenvalue weighted by atomic mass is 10.0. The van der Waals surface area contributed by atoms with Gasteiger partial charge in [0.25, 0.3) is 0 Å². The van der Waals surface area contributed by atoms with Gasteiger partial charge >= 0.3 is 0 Å². The molecule has 2 aromatic carbocycles. The number of nitrogens with zero attached hydrogens (tertiary/aromatic N) is 1. The number of nitriles is 1. The Morgan fingerprint density at radius 1 is 1.14 bits per heavy atom. The van der Waals surface area contributed by atoms with Crippen molar-refractivity contribution in [1.82, 2.24) is 5.32 Å². The molecular formula is C18H20N2O. The molecule has 1 atom stereocenters.